The van der Waals surface area contributed by atoms with E-state index in [0.717, 1.165) is 24.0 Å². The number of rotatable bonds is 18. The molecule has 1 aliphatic heterocycles. The van der Waals surface area contributed by atoms with Crippen LogP contribution in [0.5, 0.6) is 0 Å². The molecule has 0 radical (unpaired) electrons. The van der Waals surface area contributed by atoms with E-state index in [1.54, 1.807) is 7.05 Å². The normalized spacial score (nSPS) is 16.7. The fourth-order valence-corrected chi connectivity index (χ4v) is 6.52. The van der Waals surface area contributed by atoms with Gasteiger partial charge in [-0.1, -0.05) is 74.5 Å². The van der Waals surface area contributed by atoms with Crippen LogP contribution in [0.2, 0.25) is 0 Å². The van der Waals surface area contributed by atoms with Gasteiger partial charge in [0.25, 0.3) is 0 Å². The monoisotopic (exact) mass is 677 g/mol. The van der Waals surface area contributed by atoms with Crippen molar-refractivity contribution in [1.29, 1.82) is 0 Å². The largest absolute Gasteiger partial charge is 0.481 e. The Morgan fingerprint density at radius 3 is 2.04 bits per heavy atom. The molecule has 12 heteroatoms. The second kappa shape index (κ2) is 18.7. The minimum atomic E-state index is -1.45. The molecule has 5 amide bonds. The number of carboxylic acids is 1. The van der Waals surface area contributed by atoms with Gasteiger partial charge in [0, 0.05) is 38.9 Å². The van der Waals surface area contributed by atoms with Crippen LogP contribution in [0.4, 0.5) is 0 Å². The second-order valence-corrected chi connectivity index (χ2v) is 13.4. The highest BCUT2D eigenvalue weighted by Gasteiger charge is 2.37. The molecule has 0 aromatic heterocycles. The molecule has 0 saturated carbocycles. The van der Waals surface area contributed by atoms with E-state index < -0.39 is 48.2 Å². The maximum atomic E-state index is 14.4. The highest BCUT2D eigenvalue weighted by atomic mass is 16.4. The first-order valence-electron chi connectivity index (χ1n) is 17.0. The quantitative estimate of drug-likeness (QED) is 0.187. The predicted octanol–water partition coefficient (Wildman–Crippen LogP) is 2.68. The summed E-state index contributed by atoms with van der Waals surface area (Å²) in [6.45, 7) is 5.99. The fraction of sp³-hybridized carbons (Fsp3) is 0.514. The van der Waals surface area contributed by atoms with E-state index in [0.29, 0.717) is 32.2 Å². The van der Waals surface area contributed by atoms with Crippen LogP contribution >= 0.6 is 0 Å². The average Bonchev–Trinajstić information content (AvgIpc) is 3.52. The van der Waals surface area contributed by atoms with Crippen LogP contribution in [-0.2, 0) is 41.6 Å². The maximum absolute atomic E-state index is 14.4. The third kappa shape index (κ3) is 12.0. The van der Waals surface area contributed by atoms with Crippen LogP contribution in [0, 0.1) is 11.8 Å². The Morgan fingerprint density at radius 1 is 0.918 bits per heavy atom. The van der Waals surface area contributed by atoms with Gasteiger partial charge in [0.2, 0.25) is 29.5 Å². The molecule has 1 fully saturated rings. The predicted molar refractivity (Wildman–Crippen MR) is 185 cm³/mol. The first-order valence-corrected chi connectivity index (χ1v) is 17.0. The summed E-state index contributed by atoms with van der Waals surface area (Å²) in [5.74, 6) is -3.99. The summed E-state index contributed by atoms with van der Waals surface area (Å²) in [4.78, 5) is 80.3. The number of amides is 5. The van der Waals surface area contributed by atoms with Crippen molar-refractivity contribution in [2.75, 3.05) is 13.6 Å². The van der Waals surface area contributed by atoms with Gasteiger partial charge in [-0.3, -0.25) is 28.8 Å². The standard InChI is InChI=1S/C37H51N5O7/c1-24(2)20-31(39-25(3)43)37(49)42-19-11-16-29(42)18-17-28(21-26-12-7-5-8-13-26)36(48)41(4)32(22-27-14-9-6-10-15-27)35(47)40-30(34(38)46)23-33(44)45/h5-10,12-15,24,28-32H,11,16-23H2,1-4H3,(H2,38,46)(H,39,43)(H,40,47)(H,44,45)/t28-,29-,30-,31-,32-/m0/s1. The van der Waals surface area contributed by atoms with Crippen molar-refractivity contribution in [2.45, 2.75) is 96.3 Å². The van der Waals surface area contributed by atoms with Crippen LogP contribution in [0.15, 0.2) is 60.7 Å². The number of likely N-dealkylation sites (tertiary alicyclic amines) is 1. The summed E-state index contributed by atoms with van der Waals surface area (Å²) in [5.41, 5.74) is 7.12. The van der Waals surface area contributed by atoms with Gasteiger partial charge in [-0.25, -0.2) is 0 Å². The Hall–Kier alpha value is -4.74. The molecule has 3 rings (SSSR count). The van der Waals surface area contributed by atoms with Crippen LogP contribution in [0.3, 0.4) is 0 Å². The Labute approximate surface area is 288 Å². The number of hydrogen-bond acceptors (Lipinski definition) is 6. The number of aliphatic carboxylic acids is 1. The van der Waals surface area contributed by atoms with Gasteiger partial charge in [-0.2, -0.15) is 0 Å². The Kier molecular flexibility index (Phi) is 14.8. The van der Waals surface area contributed by atoms with Crippen LogP contribution in [0.1, 0.15) is 70.4 Å². The summed E-state index contributed by atoms with van der Waals surface area (Å²) < 4.78 is 0. The van der Waals surface area contributed by atoms with Crippen LogP contribution in [-0.4, -0.2) is 88.2 Å². The van der Waals surface area contributed by atoms with E-state index in [2.05, 4.69) is 10.6 Å². The molecule has 0 unspecified atom stereocenters. The highest BCUT2D eigenvalue weighted by molar-refractivity contribution is 5.93. The maximum Gasteiger partial charge on any atom is 0.305 e. The number of hydrogen-bond donors (Lipinski definition) is 4. The summed E-state index contributed by atoms with van der Waals surface area (Å²) in [5, 5.41) is 14.6. The van der Waals surface area contributed by atoms with E-state index in [9.17, 15) is 33.9 Å². The van der Waals surface area contributed by atoms with Gasteiger partial charge >= 0.3 is 5.97 Å². The summed E-state index contributed by atoms with van der Waals surface area (Å²) in [6, 6.07) is 15.4. The van der Waals surface area contributed by atoms with Gasteiger partial charge < -0.3 is 31.3 Å². The zero-order valence-corrected chi connectivity index (χ0v) is 29.0. The van der Waals surface area contributed by atoms with E-state index in [1.165, 1.54) is 11.8 Å². The lowest BCUT2D eigenvalue weighted by molar-refractivity contribution is -0.144. The summed E-state index contributed by atoms with van der Waals surface area (Å²) in [7, 11) is 1.54. The van der Waals surface area contributed by atoms with Crippen molar-refractivity contribution >= 4 is 35.5 Å². The Bertz CT molecular complexity index is 1440. The second-order valence-electron chi connectivity index (χ2n) is 13.4. The molecule has 1 aliphatic rings. The first kappa shape index (κ1) is 38.7. The fourth-order valence-electron chi connectivity index (χ4n) is 6.52. The zero-order chi connectivity index (χ0) is 36.1. The molecule has 1 saturated heterocycles. The number of nitrogens with one attached hydrogen (secondary N) is 2. The Balaban J connectivity index is 1.87. The number of nitrogens with two attached hydrogens (primary N) is 1. The van der Waals surface area contributed by atoms with Gasteiger partial charge in [0.1, 0.15) is 18.1 Å². The Morgan fingerprint density at radius 2 is 1.51 bits per heavy atom. The number of carboxylic acid groups (broad SMARTS) is 1. The van der Waals surface area contributed by atoms with E-state index in [1.807, 2.05) is 79.4 Å². The molecule has 2 aromatic carbocycles. The lowest BCUT2D eigenvalue weighted by atomic mass is 9.90. The topological polar surface area (TPSA) is 179 Å². The molecular weight excluding hydrogens is 626 g/mol. The van der Waals surface area contributed by atoms with Crippen molar-refractivity contribution in [1.82, 2.24) is 20.4 Å². The molecule has 0 spiro atoms. The number of carbonyl (C=O) groups is 6. The van der Waals surface area contributed by atoms with Crippen molar-refractivity contribution in [3.63, 3.8) is 0 Å². The van der Waals surface area contributed by atoms with Gasteiger partial charge in [-0.15, -0.1) is 0 Å². The molecule has 5 atom stereocenters. The highest BCUT2D eigenvalue weighted by Crippen LogP contribution is 2.28. The van der Waals surface area contributed by atoms with Crippen molar-refractivity contribution in [3.05, 3.63) is 71.8 Å². The number of benzene rings is 2. The molecule has 12 nitrogen and oxygen atoms in total. The third-order valence-electron chi connectivity index (χ3n) is 8.99. The zero-order valence-electron chi connectivity index (χ0n) is 29.0. The number of primary amides is 1. The SMILES string of the molecule is CC(=O)N[C@@H](CC(C)C)C(=O)N1CCC[C@H]1CC[C@@H](Cc1ccccc1)C(=O)N(C)[C@@H](Cc1ccccc1)C(=O)N[C@@H](CC(=O)O)C(N)=O. The number of carbonyl (C=O) groups excluding carboxylic acids is 5. The molecule has 1 heterocycles. The lowest BCUT2D eigenvalue weighted by Gasteiger charge is -2.33. The molecule has 0 bridgehead atoms. The lowest BCUT2D eigenvalue weighted by Crippen LogP contribution is -2.55. The number of nitrogens with zero attached hydrogens (tertiary/aromatic N) is 2. The van der Waals surface area contributed by atoms with E-state index in [4.69, 9.17) is 5.73 Å². The molecule has 266 valence electrons. The van der Waals surface area contributed by atoms with Gasteiger partial charge in [0.05, 0.1) is 6.42 Å². The van der Waals surface area contributed by atoms with Crippen LogP contribution in [0.25, 0.3) is 0 Å². The van der Waals surface area contributed by atoms with Crippen molar-refractivity contribution < 1.29 is 33.9 Å². The molecular formula is C37H51N5O7. The third-order valence-corrected chi connectivity index (χ3v) is 8.99. The van der Waals surface area contributed by atoms with E-state index >= 15 is 0 Å². The van der Waals surface area contributed by atoms with Crippen molar-refractivity contribution in [3.8, 4) is 0 Å². The molecule has 5 N–H and O–H groups in total. The number of likely N-dealkylation sites (N-methyl/N-ethyl adjacent to an activating group) is 1. The smallest absolute Gasteiger partial charge is 0.305 e. The van der Waals surface area contributed by atoms with Crippen molar-refractivity contribution in [2.24, 2.45) is 17.6 Å². The first-order chi connectivity index (χ1) is 23.3. The molecule has 0 aliphatic carbocycles. The van der Waals surface area contributed by atoms with Gasteiger partial charge in [0.15, 0.2) is 0 Å². The summed E-state index contributed by atoms with van der Waals surface area (Å²) >= 11 is 0. The summed E-state index contributed by atoms with van der Waals surface area (Å²) in [6.07, 6.45) is 2.93. The molecule has 49 heavy (non-hydrogen) atoms. The van der Waals surface area contributed by atoms with E-state index in [-0.39, 0.29) is 36.1 Å². The van der Waals surface area contributed by atoms with Crippen LogP contribution < -0.4 is 16.4 Å². The minimum absolute atomic E-state index is 0.108. The molecule has 2 aromatic rings. The van der Waals surface area contributed by atoms with Gasteiger partial charge in [-0.05, 0) is 55.6 Å². The minimum Gasteiger partial charge on any atom is -0.481 e. The average molecular weight is 678 g/mol.